The highest BCUT2D eigenvalue weighted by molar-refractivity contribution is 7.18. The lowest BCUT2D eigenvalue weighted by molar-refractivity contribution is -0.0447. The van der Waals surface area contributed by atoms with Gasteiger partial charge in [-0.25, -0.2) is 4.98 Å². The number of H-pyrrole nitrogens is 1. The number of aliphatic hydroxyl groups is 1. The highest BCUT2D eigenvalue weighted by atomic mass is 32.1. The van der Waals surface area contributed by atoms with Crippen LogP contribution < -0.4 is 5.32 Å². The molecule has 1 fully saturated rings. The first-order valence-corrected chi connectivity index (χ1v) is 14.2. The Bertz CT molecular complexity index is 1390. The van der Waals surface area contributed by atoms with Crippen LogP contribution in [0.2, 0.25) is 0 Å². The van der Waals surface area contributed by atoms with Crippen molar-refractivity contribution in [3.8, 4) is 11.3 Å². The second kappa shape index (κ2) is 10.3. The van der Waals surface area contributed by atoms with Gasteiger partial charge in [-0.3, -0.25) is 20.2 Å². The molecular formula is C29H36N6OS. The topological polar surface area (TPSA) is 80.3 Å². The Balaban J connectivity index is 1.12. The van der Waals surface area contributed by atoms with E-state index in [0.717, 1.165) is 67.2 Å². The van der Waals surface area contributed by atoms with Gasteiger partial charge in [0.1, 0.15) is 0 Å². The molecule has 0 aliphatic carbocycles. The SMILES string of the molecule is Cc1nc2cc(-c3n[nH]c4c3CN(C(O)N[C@@H]3CCCN(Cc5c(C)cccc5C)C3)CC4)ccc2s1. The van der Waals surface area contributed by atoms with Crippen molar-refractivity contribution in [3.63, 3.8) is 0 Å². The number of thiazole rings is 1. The molecule has 2 aromatic heterocycles. The fourth-order valence-electron chi connectivity index (χ4n) is 5.93. The van der Waals surface area contributed by atoms with Crippen LogP contribution in [0.5, 0.6) is 0 Å². The molecule has 194 valence electrons. The average molecular weight is 517 g/mol. The van der Waals surface area contributed by atoms with E-state index in [-0.39, 0.29) is 6.04 Å². The van der Waals surface area contributed by atoms with Crippen molar-refractivity contribution in [1.82, 2.24) is 30.3 Å². The molecule has 6 rings (SSSR count). The Kier molecular flexibility index (Phi) is 6.86. The van der Waals surface area contributed by atoms with Crippen LogP contribution in [0.3, 0.4) is 0 Å². The minimum absolute atomic E-state index is 0.272. The molecule has 4 aromatic rings. The summed E-state index contributed by atoms with van der Waals surface area (Å²) in [5.74, 6) is 0. The third kappa shape index (κ3) is 5.09. The number of benzene rings is 2. The van der Waals surface area contributed by atoms with Gasteiger partial charge >= 0.3 is 0 Å². The zero-order valence-corrected chi connectivity index (χ0v) is 22.7. The smallest absolute Gasteiger partial charge is 0.163 e. The largest absolute Gasteiger partial charge is 0.365 e. The van der Waals surface area contributed by atoms with E-state index < -0.39 is 6.35 Å². The molecule has 0 radical (unpaired) electrons. The van der Waals surface area contributed by atoms with Crippen molar-refractivity contribution in [2.45, 2.75) is 65.5 Å². The molecule has 1 unspecified atom stereocenters. The van der Waals surface area contributed by atoms with Gasteiger partial charge in [0.25, 0.3) is 0 Å². The van der Waals surface area contributed by atoms with Gasteiger partial charge in [-0.15, -0.1) is 11.3 Å². The van der Waals surface area contributed by atoms with Gasteiger partial charge in [0.05, 0.1) is 20.9 Å². The number of nitrogens with one attached hydrogen (secondary N) is 2. The molecular weight excluding hydrogens is 480 g/mol. The zero-order valence-electron chi connectivity index (χ0n) is 21.9. The third-order valence-electron chi connectivity index (χ3n) is 7.99. The molecule has 2 aromatic carbocycles. The van der Waals surface area contributed by atoms with Gasteiger partial charge in [-0.1, -0.05) is 24.3 Å². The number of aryl methyl sites for hydroxylation is 3. The lowest BCUT2D eigenvalue weighted by atomic mass is 9.99. The van der Waals surface area contributed by atoms with Gasteiger partial charge in [0, 0.05) is 55.5 Å². The molecule has 0 amide bonds. The number of aromatic nitrogens is 3. The standard InChI is InChI=1S/C29H36N6OS/c1-18-6-4-7-19(2)23(18)16-34-12-5-8-22(15-34)31-29(36)35-13-11-25-24(17-35)28(33-32-25)21-9-10-27-26(14-21)30-20(3)37-27/h4,6-7,9-10,14,22,29,31,36H,5,8,11-13,15-17H2,1-3H3,(H,32,33)/t22-,29?/m1/s1. The quantitative estimate of drug-likeness (QED) is 0.328. The van der Waals surface area contributed by atoms with Crippen LogP contribution in [0.15, 0.2) is 36.4 Å². The number of aliphatic hydroxyl groups excluding tert-OH is 1. The summed E-state index contributed by atoms with van der Waals surface area (Å²) in [6.45, 7) is 11.0. The van der Waals surface area contributed by atoms with Crippen LogP contribution in [0.25, 0.3) is 21.5 Å². The first kappa shape index (κ1) is 24.7. The average Bonchev–Trinajstić information content (AvgIpc) is 3.48. The van der Waals surface area contributed by atoms with Gasteiger partial charge in [0.2, 0.25) is 0 Å². The summed E-state index contributed by atoms with van der Waals surface area (Å²) in [5.41, 5.74) is 9.58. The van der Waals surface area contributed by atoms with Gasteiger partial charge in [-0.2, -0.15) is 5.10 Å². The van der Waals surface area contributed by atoms with Gasteiger partial charge in [0.15, 0.2) is 6.35 Å². The minimum Gasteiger partial charge on any atom is -0.365 e. The summed E-state index contributed by atoms with van der Waals surface area (Å²) < 4.78 is 1.20. The van der Waals surface area contributed by atoms with Crippen molar-refractivity contribution >= 4 is 21.6 Å². The number of rotatable bonds is 6. The molecule has 1 saturated heterocycles. The monoisotopic (exact) mass is 516 g/mol. The van der Waals surface area contributed by atoms with E-state index in [1.807, 2.05) is 6.92 Å². The molecule has 2 aliphatic rings. The van der Waals surface area contributed by atoms with E-state index in [9.17, 15) is 5.11 Å². The molecule has 7 nitrogen and oxygen atoms in total. The van der Waals surface area contributed by atoms with E-state index in [4.69, 9.17) is 0 Å². The fourth-order valence-corrected chi connectivity index (χ4v) is 6.73. The number of aromatic amines is 1. The Labute approximate surface area is 222 Å². The van der Waals surface area contributed by atoms with E-state index in [1.165, 1.54) is 32.6 Å². The normalized spacial score (nSPS) is 19.8. The number of nitrogens with zero attached hydrogens (tertiary/aromatic N) is 4. The number of likely N-dealkylation sites (tertiary alicyclic amines) is 1. The highest BCUT2D eigenvalue weighted by Gasteiger charge is 2.29. The summed E-state index contributed by atoms with van der Waals surface area (Å²) >= 11 is 1.72. The maximum absolute atomic E-state index is 11.2. The van der Waals surface area contributed by atoms with Crippen molar-refractivity contribution < 1.29 is 5.11 Å². The molecule has 37 heavy (non-hydrogen) atoms. The minimum atomic E-state index is -0.676. The molecule has 4 heterocycles. The van der Waals surface area contributed by atoms with Crippen LogP contribution in [0, 0.1) is 20.8 Å². The first-order valence-electron chi connectivity index (χ1n) is 13.3. The number of fused-ring (bicyclic) bond motifs is 2. The van der Waals surface area contributed by atoms with Crippen LogP contribution in [-0.2, 0) is 19.5 Å². The second-order valence-electron chi connectivity index (χ2n) is 10.7. The summed E-state index contributed by atoms with van der Waals surface area (Å²) in [5, 5.41) is 23.8. The maximum atomic E-state index is 11.2. The van der Waals surface area contributed by atoms with Crippen molar-refractivity contribution in [2.24, 2.45) is 0 Å². The Morgan fingerprint density at radius 1 is 1.16 bits per heavy atom. The van der Waals surface area contributed by atoms with Crippen LogP contribution >= 0.6 is 11.3 Å². The van der Waals surface area contributed by atoms with Crippen LogP contribution in [0.1, 0.15) is 45.8 Å². The Morgan fingerprint density at radius 2 is 2.00 bits per heavy atom. The number of piperidine rings is 1. The van der Waals surface area contributed by atoms with E-state index >= 15 is 0 Å². The molecule has 3 N–H and O–H groups in total. The lowest BCUT2D eigenvalue weighted by Gasteiger charge is -2.38. The predicted molar refractivity (Wildman–Crippen MR) is 149 cm³/mol. The summed E-state index contributed by atoms with van der Waals surface area (Å²) in [7, 11) is 0. The molecule has 0 saturated carbocycles. The van der Waals surface area contributed by atoms with E-state index in [2.05, 4.69) is 80.5 Å². The summed E-state index contributed by atoms with van der Waals surface area (Å²) in [6.07, 6.45) is 2.40. The van der Waals surface area contributed by atoms with Gasteiger partial charge < -0.3 is 5.11 Å². The summed E-state index contributed by atoms with van der Waals surface area (Å²) in [6, 6.07) is 13.2. The van der Waals surface area contributed by atoms with Crippen molar-refractivity contribution in [2.75, 3.05) is 19.6 Å². The molecule has 2 atom stereocenters. The number of hydrogen-bond acceptors (Lipinski definition) is 7. The fraction of sp³-hybridized carbons (Fsp3) is 0.448. The summed E-state index contributed by atoms with van der Waals surface area (Å²) in [4.78, 5) is 9.33. The van der Waals surface area contributed by atoms with Crippen molar-refractivity contribution in [1.29, 1.82) is 0 Å². The lowest BCUT2D eigenvalue weighted by Crippen LogP contribution is -2.55. The maximum Gasteiger partial charge on any atom is 0.163 e. The van der Waals surface area contributed by atoms with E-state index in [0.29, 0.717) is 6.54 Å². The van der Waals surface area contributed by atoms with Gasteiger partial charge in [-0.05, 0) is 69.0 Å². The zero-order chi connectivity index (χ0) is 25.5. The number of hydrogen-bond donors (Lipinski definition) is 3. The van der Waals surface area contributed by atoms with Crippen LogP contribution in [-0.4, -0.2) is 62.1 Å². The molecule has 0 bridgehead atoms. The third-order valence-corrected chi connectivity index (χ3v) is 8.95. The Morgan fingerprint density at radius 3 is 2.84 bits per heavy atom. The molecule has 2 aliphatic heterocycles. The van der Waals surface area contributed by atoms with Crippen LogP contribution in [0.4, 0.5) is 0 Å². The highest BCUT2D eigenvalue weighted by Crippen LogP contribution is 2.32. The van der Waals surface area contributed by atoms with E-state index in [1.54, 1.807) is 11.3 Å². The molecule has 0 spiro atoms. The Hall–Kier alpha value is -2.62. The van der Waals surface area contributed by atoms with Crippen molar-refractivity contribution in [3.05, 3.63) is 69.4 Å². The predicted octanol–water partition coefficient (Wildman–Crippen LogP) is 4.50. The first-order chi connectivity index (χ1) is 17.9. The second-order valence-corrected chi connectivity index (χ2v) is 11.9. The molecule has 8 heteroatoms.